The lowest BCUT2D eigenvalue weighted by Gasteiger charge is -2.37. The second-order valence-corrected chi connectivity index (χ2v) is 7.31. The van der Waals surface area contributed by atoms with E-state index in [0.717, 1.165) is 19.3 Å². The maximum absolute atomic E-state index is 13.2. The molecule has 0 spiro atoms. The van der Waals surface area contributed by atoms with E-state index in [4.69, 9.17) is 5.73 Å². The fourth-order valence-electron chi connectivity index (χ4n) is 2.78. The average Bonchev–Trinajstić information content (AvgIpc) is 2.38. The van der Waals surface area contributed by atoms with Crippen LogP contribution >= 0.6 is 0 Å². The molecule has 1 heterocycles. The van der Waals surface area contributed by atoms with Crippen LogP contribution in [0.15, 0.2) is 23.1 Å². The molecule has 0 aliphatic carbocycles. The second-order valence-electron chi connectivity index (χ2n) is 5.45. The first-order valence-corrected chi connectivity index (χ1v) is 8.31. The lowest BCUT2D eigenvalue weighted by molar-refractivity contribution is 0.227. The van der Waals surface area contributed by atoms with Crippen LogP contribution in [-0.2, 0) is 10.0 Å². The summed E-state index contributed by atoms with van der Waals surface area (Å²) in [5.41, 5.74) is 6.36. The van der Waals surface area contributed by atoms with Crippen LogP contribution < -0.4 is 5.73 Å². The minimum Gasteiger partial charge on any atom is -0.326 e. The molecule has 112 valence electrons. The average molecular weight is 300 g/mol. The highest BCUT2D eigenvalue weighted by atomic mass is 32.2. The molecule has 2 unspecified atom stereocenters. The first kappa shape index (κ1) is 15.4. The molecule has 20 heavy (non-hydrogen) atoms. The van der Waals surface area contributed by atoms with Crippen LogP contribution in [0.25, 0.3) is 0 Å². The predicted molar refractivity (Wildman–Crippen MR) is 76.3 cm³/mol. The van der Waals surface area contributed by atoms with Gasteiger partial charge in [0, 0.05) is 18.6 Å². The molecule has 1 aliphatic rings. The van der Waals surface area contributed by atoms with Gasteiger partial charge in [-0.1, -0.05) is 6.42 Å². The molecule has 0 saturated carbocycles. The van der Waals surface area contributed by atoms with Gasteiger partial charge in [-0.2, -0.15) is 4.31 Å². The Labute approximate surface area is 119 Å². The van der Waals surface area contributed by atoms with Crippen LogP contribution in [0.2, 0.25) is 0 Å². The molecule has 1 aliphatic heterocycles. The minimum absolute atomic E-state index is 0.173. The van der Waals surface area contributed by atoms with Gasteiger partial charge in [0.05, 0.1) is 4.90 Å². The van der Waals surface area contributed by atoms with Gasteiger partial charge < -0.3 is 5.73 Å². The maximum Gasteiger partial charge on any atom is 0.243 e. The van der Waals surface area contributed by atoms with Crippen molar-refractivity contribution in [3.8, 4) is 0 Å². The summed E-state index contributed by atoms with van der Waals surface area (Å²) in [4.78, 5) is 0.173. The van der Waals surface area contributed by atoms with E-state index in [2.05, 4.69) is 0 Å². The normalized spacial score (nSPS) is 22.7. The molecule has 0 radical (unpaired) electrons. The van der Waals surface area contributed by atoms with Crippen molar-refractivity contribution >= 4 is 10.0 Å². The first-order chi connectivity index (χ1) is 9.34. The Morgan fingerprint density at radius 3 is 2.70 bits per heavy atom. The van der Waals surface area contributed by atoms with Gasteiger partial charge in [-0.25, -0.2) is 12.8 Å². The number of halogens is 1. The molecule has 1 saturated heterocycles. The molecule has 1 aromatic carbocycles. The van der Waals surface area contributed by atoms with Crippen molar-refractivity contribution in [1.29, 1.82) is 0 Å². The molecule has 0 amide bonds. The van der Waals surface area contributed by atoms with E-state index in [9.17, 15) is 12.8 Å². The molecule has 6 heteroatoms. The molecule has 0 aromatic heterocycles. The molecule has 4 nitrogen and oxygen atoms in total. The Kier molecular flexibility index (Phi) is 4.46. The molecule has 1 fully saturated rings. The fraction of sp³-hybridized carbons (Fsp3) is 0.571. The Hall–Kier alpha value is -0.980. The van der Waals surface area contributed by atoms with Crippen LogP contribution in [0.3, 0.4) is 0 Å². The van der Waals surface area contributed by atoms with Crippen molar-refractivity contribution in [2.75, 3.05) is 6.54 Å². The summed E-state index contributed by atoms with van der Waals surface area (Å²) in [6.07, 6.45) is 2.60. The lowest BCUT2D eigenvalue weighted by Crippen LogP contribution is -2.51. The SMILES string of the molecule is Cc1cc(F)ccc1S(=O)(=O)N1CCCCC1C(C)N. The summed E-state index contributed by atoms with van der Waals surface area (Å²) < 4.78 is 40.2. The second kappa shape index (κ2) is 5.79. The molecular formula is C14H21FN2O2S. The van der Waals surface area contributed by atoms with E-state index in [-0.39, 0.29) is 17.0 Å². The highest BCUT2D eigenvalue weighted by Crippen LogP contribution is 2.28. The van der Waals surface area contributed by atoms with Gasteiger partial charge in [0.25, 0.3) is 0 Å². The summed E-state index contributed by atoms with van der Waals surface area (Å²) in [6, 6.07) is 3.37. The quantitative estimate of drug-likeness (QED) is 0.929. The van der Waals surface area contributed by atoms with Gasteiger partial charge in [-0.3, -0.25) is 0 Å². The molecule has 2 atom stereocenters. The monoisotopic (exact) mass is 300 g/mol. The van der Waals surface area contributed by atoms with Crippen LogP contribution in [0.1, 0.15) is 31.7 Å². The van der Waals surface area contributed by atoms with Gasteiger partial charge in [0.15, 0.2) is 0 Å². The van der Waals surface area contributed by atoms with E-state index in [0.29, 0.717) is 12.1 Å². The molecule has 2 N–H and O–H groups in total. The zero-order valence-corrected chi connectivity index (χ0v) is 12.7. The van der Waals surface area contributed by atoms with E-state index >= 15 is 0 Å². The Balaban J connectivity index is 2.42. The van der Waals surface area contributed by atoms with Crippen molar-refractivity contribution in [3.05, 3.63) is 29.6 Å². The Morgan fingerprint density at radius 2 is 2.10 bits per heavy atom. The van der Waals surface area contributed by atoms with Crippen molar-refractivity contribution in [3.63, 3.8) is 0 Å². The largest absolute Gasteiger partial charge is 0.326 e. The maximum atomic E-state index is 13.2. The summed E-state index contributed by atoms with van der Waals surface area (Å²) in [5.74, 6) is -0.427. The highest BCUT2D eigenvalue weighted by Gasteiger charge is 2.35. The van der Waals surface area contributed by atoms with E-state index in [1.165, 1.54) is 22.5 Å². The predicted octanol–water partition coefficient (Wildman–Crippen LogP) is 2.02. The van der Waals surface area contributed by atoms with Crippen molar-refractivity contribution < 1.29 is 12.8 Å². The van der Waals surface area contributed by atoms with Gasteiger partial charge in [-0.15, -0.1) is 0 Å². The number of piperidine rings is 1. The summed E-state index contributed by atoms with van der Waals surface area (Å²) in [5, 5.41) is 0. The number of nitrogens with zero attached hydrogens (tertiary/aromatic N) is 1. The molecule has 2 rings (SSSR count). The number of aryl methyl sites for hydroxylation is 1. The van der Waals surface area contributed by atoms with Gasteiger partial charge in [-0.05, 0) is 50.5 Å². The zero-order valence-electron chi connectivity index (χ0n) is 11.8. The van der Waals surface area contributed by atoms with Crippen LogP contribution in [0.5, 0.6) is 0 Å². The Morgan fingerprint density at radius 1 is 1.40 bits per heavy atom. The first-order valence-electron chi connectivity index (χ1n) is 6.87. The van der Waals surface area contributed by atoms with Crippen molar-refractivity contribution in [1.82, 2.24) is 4.31 Å². The zero-order chi connectivity index (χ0) is 14.9. The van der Waals surface area contributed by atoms with E-state index in [1.807, 2.05) is 6.92 Å². The van der Waals surface area contributed by atoms with Crippen molar-refractivity contribution in [2.45, 2.75) is 50.1 Å². The van der Waals surface area contributed by atoms with Crippen molar-refractivity contribution in [2.24, 2.45) is 5.73 Å². The number of hydrogen-bond acceptors (Lipinski definition) is 3. The van der Waals surface area contributed by atoms with Crippen LogP contribution in [-0.4, -0.2) is 31.4 Å². The third-order valence-electron chi connectivity index (χ3n) is 3.83. The number of hydrogen-bond donors (Lipinski definition) is 1. The third kappa shape index (κ3) is 2.87. The van der Waals surface area contributed by atoms with Crippen LogP contribution in [0, 0.1) is 12.7 Å². The number of rotatable bonds is 3. The van der Waals surface area contributed by atoms with Crippen LogP contribution in [0.4, 0.5) is 4.39 Å². The smallest absolute Gasteiger partial charge is 0.243 e. The summed E-state index contributed by atoms with van der Waals surface area (Å²) in [6.45, 7) is 3.92. The van der Waals surface area contributed by atoms with Gasteiger partial charge in [0.1, 0.15) is 5.82 Å². The number of benzene rings is 1. The number of nitrogens with two attached hydrogens (primary N) is 1. The summed E-state index contributed by atoms with van der Waals surface area (Å²) >= 11 is 0. The lowest BCUT2D eigenvalue weighted by atomic mass is 10.00. The highest BCUT2D eigenvalue weighted by molar-refractivity contribution is 7.89. The molecule has 0 bridgehead atoms. The summed E-state index contributed by atoms with van der Waals surface area (Å²) in [7, 11) is -3.62. The Bertz CT molecular complexity index is 587. The standard InChI is InChI=1S/C14H21FN2O2S/c1-10-9-12(15)6-7-14(10)20(18,19)17-8-4-3-5-13(17)11(2)16/h6-7,9,11,13H,3-5,8,16H2,1-2H3. The van der Waals surface area contributed by atoms with E-state index < -0.39 is 15.8 Å². The number of sulfonamides is 1. The third-order valence-corrected chi connectivity index (χ3v) is 5.91. The van der Waals surface area contributed by atoms with E-state index in [1.54, 1.807) is 6.92 Å². The van der Waals surface area contributed by atoms with Gasteiger partial charge >= 0.3 is 0 Å². The molecule has 1 aromatic rings. The molecular weight excluding hydrogens is 279 g/mol. The van der Waals surface area contributed by atoms with Gasteiger partial charge in [0.2, 0.25) is 10.0 Å². The fourth-order valence-corrected chi connectivity index (χ4v) is 4.76. The minimum atomic E-state index is -3.62. The topological polar surface area (TPSA) is 63.4 Å².